The summed E-state index contributed by atoms with van der Waals surface area (Å²) >= 11 is 0. The van der Waals surface area contributed by atoms with Gasteiger partial charge in [0, 0.05) is 0 Å². The normalized spacial score (nSPS) is 11.5. The van der Waals surface area contributed by atoms with Crippen molar-refractivity contribution in [1.82, 2.24) is 9.88 Å². The van der Waals surface area contributed by atoms with E-state index in [1.165, 1.54) is 26.0 Å². The molecule has 0 aliphatic heterocycles. The number of benzene rings is 1. The van der Waals surface area contributed by atoms with Crippen LogP contribution in [-0.2, 0) is 14.8 Å². The van der Waals surface area contributed by atoms with E-state index in [1.54, 1.807) is 13.0 Å². The molecule has 23 heavy (non-hydrogen) atoms. The third-order valence-corrected chi connectivity index (χ3v) is 4.70. The molecule has 1 aromatic carbocycles. The fraction of sp³-hybridized carbons (Fsp3) is 0.286. The number of nitrogens with one attached hydrogen (secondary N) is 2. The molecular formula is C14H16FN3O4S. The standard InChI is InChI=1S/C14H16FN3O4S/c1-8-4-5-12(11(15)6-8)17-13(19)7-16-23(20,21)14-9(2)18-22-10(14)3/h4-6,16H,7H2,1-3H3,(H,17,19). The van der Waals surface area contributed by atoms with Gasteiger partial charge in [-0.15, -0.1) is 0 Å². The lowest BCUT2D eigenvalue weighted by Crippen LogP contribution is -2.33. The lowest BCUT2D eigenvalue weighted by atomic mass is 10.2. The Bertz CT molecular complexity index is 826. The molecule has 0 bridgehead atoms. The molecule has 1 aromatic heterocycles. The van der Waals surface area contributed by atoms with Crippen LogP contribution in [0.15, 0.2) is 27.6 Å². The molecule has 1 heterocycles. The summed E-state index contributed by atoms with van der Waals surface area (Å²) in [6.07, 6.45) is 0. The Balaban J connectivity index is 2.04. The van der Waals surface area contributed by atoms with Crippen molar-refractivity contribution in [3.8, 4) is 0 Å². The van der Waals surface area contributed by atoms with E-state index in [9.17, 15) is 17.6 Å². The molecule has 0 spiro atoms. The molecular weight excluding hydrogens is 325 g/mol. The van der Waals surface area contributed by atoms with Gasteiger partial charge < -0.3 is 9.84 Å². The van der Waals surface area contributed by atoms with Crippen molar-refractivity contribution in [3.63, 3.8) is 0 Å². The monoisotopic (exact) mass is 341 g/mol. The Morgan fingerprint density at radius 1 is 1.30 bits per heavy atom. The molecule has 0 fully saturated rings. The molecule has 0 aliphatic carbocycles. The number of sulfonamides is 1. The lowest BCUT2D eigenvalue weighted by molar-refractivity contribution is -0.115. The molecule has 7 nitrogen and oxygen atoms in total. The summed E-state index contributed by atoms with van der Waals surface area (Å²) in [6, 6.07) is 4.31. The van der Waals surface area contributed by atoms with Crippen LogP contribution < -0.4 is 10.0 Å². The molecule has 2 rings (SSSR count). The zero-order valence-electron chi connectivity index (χ0n) is 12.8. The first-order valence-corrected chi connectivity index (χ1v) is 8.17. The van der Waals surface area contributed by atoms with Crippen molar-refractivity contribution in [1.29, 1.82) is 0 Å². The minimum absolute atomic E-state index is 0.0165. The molecule has 0 aliphatic rings. The summed E-state index contributed by atoms with van der Waals surface area (Å²) in [5, 5.41) is 5.86. The summed E-state index contributed by atoms with van der Waals surface area (Å²) in [7, 11) is -3.94. The van der Waals surface area contributed by atoms with Gasteiger partial charge >= 0.3 is 0 Å². The van der Waals surface area contributed by atoms with Gasteiger partial charge in [0.1, 0.15) is 16.4 Å². The van der Waals surface area contributed by atoms with Crippen LogP contribution in [0.3, 0.4) is 0 Å². The average molecular weight is 341 g/mol. The maximum absolute atomic E-state index is 13.6. The topological polar surface area (TPSA) is 101 Å². The van der Waals surface area contributed by atoms with Gasteiger partial charge in [0.15, 0.2) is 5.76 Å². The Morgan fingerprint density at radius 2 is 2.00 bits per heavy atom. The van der Waals surface area contributed by atoms with Crippen molar-refractivity contribution in [2.45, 2.75) is 25.7 Å². The molecule has 0 unspecified atom stereocenters. The van der Waals surface area contributed by atoms with Crippen molar-refractivity contribution in [3.05, 3.63) is 41.0 Å². The van der Waals surface area contributed by atoms with E-state index in [0.717, 1.165) is 0 Å². The van der Waals surface area contributed by atoms with E-state index in [2.05, 4.69) is 15.2 Å². The van der Waals surface area contributed by atoms with Crippen LogP contribution in [-0.4, -0.2) is 26.0 Å². The van der Waals surface area contributed by atoms with Gasteiger partial charge in [0.05, 0.1) is 12.2 Å². The minimum atomic E-state index is -3.94. The summed E-state index contributed by atoms with van der Waals surface area (Å²) in [6.45, 7) is 4.11. The van der Waals surface area contributed by atoms with Crippen LogP contribution in [0.1, 0.15) is 17.0 Å². The predicted octanol–water partition coefficient (Wildman–Crippen LogP) is 1.66. The number of halogens is 1. The number of hydrogen-bond donors (Lipinski definition) is 2. The van der Waals surface area contributed by atoms with Crippen molar-refractivity contribution < 1.29 is 22.1 Å². The van der Waals surface area contributed by atoms with E-state index in [4.69, 9.17) is 4.52 Å². The number of amides is 1. The highest BCUT2D eigenvalue weighted by Gasteiger charge is 2.24. The Morgan fingerprint density at radius 3 is 2.57 bits per heavy atom. The number of rotatable bonds is 5. The largest absolute Gasteiger partial charge is 0.360 e. The van der Waals surface area contributed by atoms with E-state index in [0.29, 0.717) is 5.56 Å². The summed E-state index contributed by atoms with van der Waals surface area (Å²) in [5.74, 6) is -1.16. The van der Waals surface area contributed by atoms with E-state index in [-0.39, 0.29) is 22.0 Å². The second kappa shape index (κ2) is 6.47. The Kier molecular flexibility index (Phi) is 4.81. The highest BCUT2D eigenvalue weighted by Crippen LogP contribution is 2.18. The smallest absolute Gasteiger partial charge is 0.246 e. The zero-order chi connectivity index (χ0) is 17.2. The molecule has 2 N–H and O–H groups in total. The highest BCUT2D eigenvalue weighted by molar-refractivity contribution is 7.89. The van der Waals surface area contributed by atoms with Gasteiger partial charge in [-0.3, -0.25) is 4.79 Å². The SMILES string of the molecule is Cc1ccc(NC(=O)CNS(=O)(=O)c2c(C)noc2C)c(F)c1. The second-order valence-corrected chi connectivity index (χ2v) is 6.71. The van der Waals surface area contributed by atoms with Crippen LogP contribution in [0.5, 0.6) is 0 Å². The third-order valence-electron chi connectivity index (χ3n) is 3.06. The fourth-order valence-corrected chi connectivity index (χ4v) is 3.31. The molecule has 0 saturated heterocycles. The molecule has 1 amide bonds. The second-order valence-electron chi connectivity index (χ2n) is 5.01. The number of carbonyl (C=O) groups is 1. The fourth-order valence-electron chi connectivity index (χ4n) is 2.01. The number of anilines is 1. The predicted molar refractivity (Wildman–Crippen MR) is 80.9 cm³/mol. The van der Waals surface area contributed by atoms with Gasteiger partial charge in [-0.1, -0.05) is 11.2 Å². The van der Waals surface area contributed by atoms with Gasteiger partial charge in [-0.25, -0.2) is 17.5 Å². The molecule has 124 valence electrons. The van der Waals surface area contributed by atoms with E-state index < -0.39 is 28.3 Å². The first-order chi connectivity index (χ1) is 10.7. The molecule has 9 heteroatoms. The van der Waals surface area contributed by atoms with E-state index in [1.807, 2.05) is 0 Å². The van der Waals surface area contributed by atoms with E-state index >= 15 is 0 Å². The number of hydrogen-bond acceptors (Lipinski definition) is 5. The Hall–Kier alpha value is -2.26. The molecule has 0 saturated carbocycles. The van der Waals surface area contributed by atoms with Crippen molar-refractivity contribution >= 4 is 21.6 Å². The summed E-state index contributed by atoms with van der Waals surface area (Å²) < 4.78 is 44.8. The minimum Gasteiger partial charge on any atom is -0.360 e. The van der Waals surface area contributed by atoms with Crippen molar-refractivity contribution in [2.75, 3.05) is 11.9 Å². The number of carbonyl (C=O) groups excluding carboxylic acids is 1. The first-order valence-electron chi connectivity index (χ1n) is 6.69. The first kappa shape index (κ1) is 17.1. The zero-order valence-corrected chi connectivity index (χ0v) is 13.6. The van der Waals surface area contributed by atoms with Crippen LogP contribution in [0.4, 0.5) is 10.1 Å². The van der Waals surface area contributed by atoms with Crippen LogP contribution in [0.25, 0.3) is 0 Å². The highest BCUT2D eigenvalue weighted by atomic mass is 32.2. The van der Waals surface area contributed by atoms with Gasteiger partial charge in [0.25, 0.3) is 0 Å². The Labute approximate surface area is 132 Å². The maximum atomic E-state index is 13.6. The maximum Gasteiger partial charge on any atom is 0.246 e. The summed E-state index contributed by atoms with van der Waals surface area (Å²) in [5.41, 5.74) is 0.886. The molecule has 0 atom stereocenters. The van der Waals surface area contributed by atoms with Gasteiger partial charge in [-0.05, 0) is 38.5 Å². The van der Waals surface area contributed by atoms with Crippen LogP contribution in [0, 0.1) is 26.6 Å². The number of nitrogens with zero attached hydrogens (tertiary/aromatic N) is 1. The van der Waals surface area contributed by atoms with Gasteiger partial charge in [-0.2, -0.15) is 0 Å². The average Bonchev–Trinajstić information content (AvgIpc) is 2.80. The molecule has 0 radical (unpaired) electrons. The molecule has 2 aromatic rings. The lowest BCUT2D eigenvalue weighted by Gasteiger charge is -2.08. The van der Waals surface area contributed by atoms with Gasteiger partial charge in [0.2, 0.25) is 15.9 Å². The van der Waals surface area contributed by atoms with Crippen LogP contribution in [0.2, 0.25) is 0 Å². The van der Waals surface area contributed by atoms with Crippen LogP contribution >= 0.6 is 0 Å². The van der Waals surface area contributed by atoms with Crippen molar-refractivity contribution in [2.24, 2.45) is 0 Å². The quantitative estimate of drug-likeness (QED) is 0.861. The summed E-state index contributed by atoms with van der Waals surface area (Å²) in [4.78, 5) is 11.7. The number of aromatic nitrogens is 1. The number of aryl methyl sites for hydroxylation is 3. The third kappa shape index (κ3) is 3.93.